The van der Waals surface area contributed by atoms with E-state index in [0.717, 1.165) is 44.8 Å². The molecule has 1 atom stereocenters. The van der Waals surface area contributed by atoms with Crippen LogP contribution in [0.4, 0.5) is 5.69 Å². The van der Waals surface area contributed by atoms with Gasteiger partial charge in [-0.3, -0.25) is 9.59 Å². The summed E-state index contributed by atoms with van der Waals surface area (Å²) in [5.41, 5.74) is 0.795. The molecule has 2 fully saturated rings. The van der Waals surface area contributed by atoms with Crippen molar-refractivity contribution in [3.63, 3.8) is 0 Å². The molecule has 1 unspecified atom stereocenters. The molecule has 3 rings (SSSR count). The van der Waals surface area contributed by atoms with Crippen LogP contribution in [0.1, 0.15) is 12.8 Å². The summed E-state index contributed by atoms with van der Waals surface area (Å²) < 4.78 is 0. The Hall–Kier alpha value is -1.63. The molecule has 0 saturated carbocycles. The lowest BCUT2D eigenvalue weighted by molar-refractivity contribution is -0.126. The SMILES string of the molecule is O=C(NCCCN1CCNCC1)C1CC(=O)N(c2ccc(Cl)cc2)C1. The van der Waals surface area contributed by atoms with E-state index in [-0.39, 0.29) is 24.2 Å². The zero-order chi connectivity index (χ0) is 17.6. The van der Waals surface area contributed by atoms with Gasteiger partial charge >= 0.3 is 0 Å². The van der Waals surface area contributed by atoms with Crippen molar-refractivity contribution in [2.24, 2.45) is 5.92 Å². The second-order valence-corrected chi connectivity index (χ2v) is 7.05. The molecule has 2 aliphatic rings. The first-order valence-electron chi connectivity index (χ1n) is 8.90. The van der Waals surface area contributed by atoms with Gasteiger partial charge in [-0.25, -0.2) is 0 Å². The van der Waals surface area contributed by atoms with Gasteiger partial charge in [0.05, 0.1) is 5.92 Å². The van der Waals surface area contributed by atoms with Crippen molar-refractivity contribution in [3.8, 4) is 0 Å². The van der Waals surface area contributed by atoms with Crippen LogP contribution in [-0.2, 0) is 9.59 Å². The molecule has 0 radical (unpaired) electrons. The highest BCUT2D eigenvalue weighted by atomic mass is 35.5. The molecule has 0 bridgehead atoms. The number of halogens is 1. The summed E-state index contributed by atoms with van der Waals surface area (Å²) in [6.07, 6.45) is 1.21. The first kappa shape index (κ1) is 18.2. The highest BCUT2D eigenvalue weighted by Crippen LogP contribution is 2.26. The van der Waals surface area contributed by atoms with Crippen LogP contribution >= 0.6 is 11.6 Å². The molecule has 2 saturated heterocycles. The molecule has 0 aliphatic carbocycles. The van der Waals surface area contributed by atoms with Crippen LogP contribution in [0.2, 0.25) is 5.02 Å². The molecule has 7 heteroatoms. The van der Waals surface area contributed by atoms with Crippen molar-refractivity contribution in [3.05, 3.63) is 29.3 Å². The molecule has 2 aliphatic heterocycles. The fraction of sp³-hybridized carbons (Fsp3) is 0.556. The maximum atomic E-state index is 12.3. The average Bonchev–Trinajstić information content (AvgIpc) is 3.02. The maximum absolute atomic E-state index is 12.3. The Bertz CT molecular complexity index is 602. The Labute approximate surface area is 153 Å². The fourth-order valence-electron chi connectivity index (χ4n) is 3.35. The number of hydrogen-bond donors (Lipinski definition) is 2. The highest BCUT2D eigenvalue weighted by molar-refractivity contribution is 6.30. The van der Waals surface area contributed by atoms with Crippen molar-refractivity contribution >= 4 is 29.1 Å². The predicted octanol–water partition coefficient (Wildman–Crippen LogP) is 1.10. The average molecular weight is 365 g/mol. The summed E-state index contributed by atoms with van der Waals surface area (Å²) in [5, 5.41) is 6.95. The second-order valence-electron chi connectivity index (χ2n) is 6.62. The third kappa shape index (κ3) is 4.93. The third-order valence-electron chi connectivity index (χ3n) is 4.79. The van der Waals surface area contributed by atoms with Crippen molar-refractivity contribution in [1.82, 2.24) is 15.5 Å². The summed E-state index contributed by atoms with van der Waals surface area (Å²) in [4.78, 5) is 28.6. The molecule has 136 valence electrons. The minimum absolute atomic E-state index is 0.0108. The number of hydrogen-bond acceptors (Lipinski definition) is 4. The standard InChI is InChI=1S/C18H25ClN4O2/c19-15-2-4-16(5-3-15)23-13-14(12-17(23)24)18(25)21-6-1-9-22-10-7-20-8-11-22/h2-5,14,20H,1,6-13H2,(H,21,25). The van der Waals surface area contributed by atoms with E-state index in [9.17, 15) is 9.59 Å². The monoisotopic (exact) mass is 364 g/mol. The minimum atomic E-state index is -0.276. The summed E-state index contributed by atoms with van der Waals surface area (Å²) in [5.74, 6) is -0.309. The summed E-state index contributed by atoms with van der Waals surface area (Å²) in [7, 11) is 0. The lowest BCUT2D eigenvalue weighted by Crippen LogP contribution is -2.44. The van der Waals surface area contributed by atoms with E-state index in [4.69, 9.17) is 11.6 Å². The quantitative estimate of drug-likeness (QED) is 0.742. The largest absolute Gasteiger partial charge is 0.356 e. The van der Waals surface area contributed by atoms with Crippen LogP contribution in [0.5, 0.6) is 0 Å². The molecule has 1 aromatic rings. The lowest BCUT2D eigenvalue weighted by Gasteiger charge is -2.27. The van der Waals surface area contributed by atoms with Gasteiger partial charge in [0.1, 0.15) is 0 Å². The summed E-state index contributed by atoms with van der Waals surface area (Å²) in [6.45, 7) is 6.32. The predicted molar refractivity (Wildman–Crippen MR) is 98.8 cm³/mol. The van der Waals surface area contributed by atoms with E-state index in [0.29, 0.717) is 18.1 Å². The highest BCUT2D eigenvalue weighted by Gasteiger charge is 2.34. The number of nitrogens with zero attached hydrogens (tertiary/aromatic N) is 2. The molecule has 2 amide bonds. The Kier molecular flexibility index (Phi) is 6.29. The van der Waals surface area contributed by atoms with Gasteiger partial charge in [0, 0.05) is 56.4 Å². The van der Waals surface area contributed by atoms with Gasteiger partial charge in [-0.05, 0) is 37.2 Å². The molecule has 0 aromatic heterocycles. The van der Waals surface area contributed by atoms with Crippen LogP contribution in [0.15, 0.2) is 24.3 Å². The molecule has 0 spiro atoms. The van der Waals surface area contributed by atoms with E-state index in [1.54, 1.807) is 17.0 Å². The Morgan fingerprint density at radius 2 is 1.96 bits per heavy atom. The number of amides is 2. The number of carbonyl (C=O) groups is 2. The Balaban J connectivity index is 1.42. The number of rotatable bonds is 6. The number of piperazine rings is 1. The number of nitrogens with one attached hydrogen (secondary N) is 2. The molecular formula is C18H25ClN4O2. The van der Waals surface area contributed by atoms with E-state index in [1.165, 1.54) is 0 Å². The number of carbonyl (C=O) groups excluding carboxylic acids is 2. The van der Waals surface area contributed by atoms with Gasteiger partial charge < -0.3 is 20.4 Å². The topological polar surface area (TPSA) is 64.7 Å². The second kappa shape index (κ2) is 8.65. The number of anilines is 1. The number of benzene rings is 1. The van der Waals surface area contributed by atoms with Crippen molar-refractivity contribution in [2.75, 3.05) is 50.7 Å². The fourth-order valence-corrected chi connectivity index (χ4v) is 3.47. The molecule has 2 heterocycles. The maximum Gasteiger partial charge on any atom is 0.227 e. The van der Waals surface area contributed by atoms with Gasteiger partial charge in [-0.2, -0.15) is 0 Å². The summed E-state index contributed by atoms with van der Waals surface area (Å²) >= 11 is 5.89. The van der Waals surface area contributed by atoms with Gasteiger partial charge in [0.15, 0.2) is 0 Å². The van der Waals surface area contributed by atoms with Gasteiger partial charge in [0.2, 0.25) is 11.8 Å². The Morgan fingerprint density at radius 3 is 2.68 bits per heavy atom. The van der Waals surface area contributed by atoms with Gasteiger partial charge in [-0.1, -0.05) is 11.6 Å². The van der Waals surface area contributed by atoms with Crippen LogP contribution < -0.4 is 15.5 Å². The van der Waals surface area contributed by atoms with Gasteiger partial charge in [0.25, 0.3) is 0 Å². The third-order valence-corrected chi connectivity index (χ3v) is 5.05. The molecule has 1 aromatic carbocycles. The van der Waals surface area contributed by atoms with Crippen LogP contribution in [0, 0.1) is 5.92 Å². The smallest absolute Gasteiger partial charge is 0.227 e. The van der Waals surface area contributed by atoms with E-state index in [1.807, 2.05) is 12.1 Å². The van der Waals surface area contributed by atoms with Gasteiger partial charge in [-0.15, -0.1) is 0 Å². The zero-order valence-electron chi connectivity index (χ0n) is 14.3. The first-order chi connectivity index (χ1) is 12.1. The Morgan fingerprint density at radius 1 is 1.24 bits per heavy atom. The summed E-state index contributed by atoms with van der Waals surface area (Å²) in [6, 6.07) is 7.14. The zero-order valence-corrected chi connectivity index (χ0v) is 15.1. The van der Waals surface area contributed by atoms with Crippen LogP contribution in [0.3, 0.4) is 0 Å². The van der Waals surface area contributed by atoms with E-state index in [2.05, 4.69) is 15.5 Å². The molecule has 25 heavy (non-hydrogen) atoms. The normalized spacial score (nSPS) is 21.6. The molecular weight excluding hydrogens is 340 g/mol. The molecule has 2 N–H and O–H groups in total. The van der Waals surface area contributed by atoms with Crippen molar-refractivity contribution in [2.45, 2.75) is 12.8 Å². The van der Waals surface area contributed by atoms with Crippen LogP contribution in [-0.4, -0.2) is 62.5 Å². The van der Waals surface area contributed by atoms with E-state index < -0.39 is 0 Å². The minimum Gasteiger partial charge on any atom is -0.356 e. The lowest BCUT2D eigenvalue weighted by atomic mass is 10.1. The van der Waals surface area contributed by atoms with Crippen molar-refractivity contribution in [1.29, 1.82) is 0 Å². The van der Waals surface area contributed by atoms with E-state index >= 15 is 0 Å². The molecule has 6 nitrogen and oxygen atoms in total. The first-order valence-corrected chi connectivity index (χ1v) is 9.28. The van der Waals surface area contributed by atoms with Crippen LogP contribution in [0.25, 0.3) is 0 Å². The van der Waals surface area contributed by atoms with Crippen molar-refractivity contribution < 1.29 is 9.59 Å².